The monoisotopic (exact) mass is 326 g/mol. The topological polar surface area (TPSA) is 81.2 Å². The molecule has 2 aliphatic rings. The molecular formula is C10H22N4O4S2. The maximum atomic E-state index is 12.5. The Balaban J connectivity index is 1.99. The van der Waals surface area contributed by atoms with Crippen LogP contribution in [0.15, 0.2) is 0 Å². The number of hydrogen-bond acceptors (Lipinski definition) is 5. The number of rotatable bonds is 3. The van der Waals surface area contributed by atoms with Gasteiger partial charge in [0, 0.05) is 52.4 Å². The summed E-state index contributed by atoms with van der Waals surface area (Å²) in [5, 5.41) is 0. The first-order chi connectivity index (χ1) is 9.21. The smallest absolute Gasteiger partial charge is 0.282 e. The lowest BCUT2D eigenvalue weighted by Crippen LogP contribution is -2.57. The van der Waals surface area contributed by atoms with E-state index in [1.807, 2.05) is 7.05 Å². The van der Waals surface area contributed by atoms with Gasteiger partial charge in [-0.1, -0.05) is 0 Å². The van der Waals surface area contributed by atoms with E-state index in [-0.39, 0.29) is 26.2 Å². The van der Waals surface area contributed by atoms with E-state index in [9.17, 15) is 16.8 Å². The van der Waals surface area contributed by atoms with Crippen LogP contribution in [0, 0.1) is 0 Å². The third kappa shape index (κ3) is 3.49. The van der Waals surface area contributed by atoms with Crippen molar-refractivity contribution in [3.63, 3.8) is 0 Å². The van der Waals surface area contributed by atoms with Crippen molar-refractivity contribution in [2.75, 3.05) is 65.7 Å². The molecule has 118 valence electrons. The molecule has 2 heterocycles. The van der Waals surface area contributed by atoms with E-state index in [2.05, 4.69) is 4.90 Å². The Hall–Kier alpha value is -0.260. The molecule has 0 aliphatic carbocycles. The zero-order valence-corrected chi connectivity index (χ0v) is 13.5. The Kier molecular flexibility index (Phi) is 4.72. The highest BCUT2D eigenvalue weighted by Gasteiger charge is 2.35. The van der Waals surface area contributed by atoms with Crippen molar-refractivity contribution in [1.82, 2.24) is 17.8 Å². The van der Waals surface area contributed by atoms with Crippen LogP contribution in [-0.2, 0) is 20.2 Å². The molecule has 0 unspecified atom stereocenters. The second kappa shape index (κ2) is 5.85. The van der Waals surface area contributed by atoms with Gasteiger partial charge in [-0.2, -0.15) is 21.3 Å². The molecular weight excluding hydrogens is 304 g/mol. The second-order valence-corrected chi connectivity index (χ2v) is 9.18. The number of likely N-dealkylation sites (N-methyl/N-ethyl adjacent to an activating group) is 1. The predicted octanol–water partition coefficient (Wildman–Crippen LogP) is -1.94. The summed E-state index contributed by atoms with van der Waals surface area (Å²) in [7, 11) is -4.73. The van der Waals surface area contributed by atoms with Crippen LogP contribution in [0.1, 0.15) is 0 Å². The van der Waals surface area contributed by atoms with Gasteiger partial charge in [0.15, 0.2) is 0 Å². The third-order valence-electron chi connectivity index (χ3n) is 3.78. The van der Waals surface area contributed by atoms with Crippen LogP contribution in [-0.4, -0.2) is 100 Å². The van der Waals surface area contributed by atoms with Crippen molar-refractivity contribution in [1.29, 1.82) is 0 Å². The van der Waals surface area contributed by atoms with Crippen LogP contribution >= 0.6 is 0 Å². The molecule has 0 N–H and O–H groups in total. The molecule has 0 atom stereocenters. The zero-order chi connectivity index (χ0) is 15.0. The molecule has 0 amide bonds. The fraction of sp³-hybridized carbons (Fsp3) is 1.00. The molecule has 0 spiro atoms. The molecule has 0 saturated carbocycles. The van der Waals surface area contributed by atoms with Gasteiger partial charge in [-0.15, -0.1) is 0 Å². The number of sulfonamides is 1. The average Bonchev–Trinajstić information content (AvgIpc) is 2.38. The van der Waals surface area contributed by atoms with Gasteiger partial charge >= 0.3 is 0 Å². The summed E-state index contributed by atoms with van der Waals surface area (Å²) >= 11 is 0. The first kappa shape index (κ1) is 16.1. The Labute approximate surface area is 121 Å². The summed E-state index contributed by atoms with van der Waals surface area (Å²) in [5.41, 5.74) is 0. The van der Waals surface area contributed by atoms with Crippen molar-refractivity contribution in [3.8, 4) is 0 Å². The zero-order valence-electron chi connectivity index (χ0n) is 11.9. The Morgan fingerprint density at radius 3 is 1.40 bits per heavy atom. The third-order valence-corrected chi connectivity index (χ3v) is 7.12. The molecule has 2 saturated heterocycles. The highest BCUT2D eigenvalue weighted by molar-refractivity contribution is 7.88. The first-order valence-corrected chi connectivity index (χ1v) is 9.84. The molecule has 8 nitrogen and oxygen atoms in total. The van der Waals surface area contributed by atoms with Gasteiger partial charge in [-0.25, -0.2) is 8.42 Å². The summed E-state index contributed by atoms with van der Waals surface area (Å²) in [5.74, 6) is 0. The Bertz CT molecular complexity index is 532. The first-order valence-electron chi connectivity index (χ1n) is 6.60. The molecule has 2 rings (SSSR count). The van der Waals surface area contributed by atoms with Crippen LogP contribution in [0.5, 0.6) is 0 Å². The molecule has 2 fully saturated rings. The predicted molar refractivity (Wildman–Crippen MR) is 76.0 cm³/mol. The lowest BCUT2D eigenvalue weighted by atomic mass is 10.4. The molecule has 0 radical (unpaired) electrons. The van der Waals surface area contributed by atoms with Crippen LogP contribution in [0.4, 0.5) is 0 Å². The Morgan fingerprint density at radius 1 is 0.650 bits per heavy atom. The van der Waals surface area contributed by atoms with Gasteiger partial charge in [-0.05, 0) is 7.05 Å². The highest BCUT2D eigenvalue weighted by atomic mass is 32.2. The van der Waals surface area contributed by atoms with Gasteiger partial charge in [0.2, 0.25) is 10.0 Å². The van der Waals surface area contributed by atoms with Gasteiger partial charge < -0.3 is 4.90 Å². The fourth-order valence-electron chi connectivity index (χ4n) is 2.41. The second-order valence-electron chi connectivity index (χ2n) is 5.27. The lowest BCUT2D eigenvalue weighted by Gasteiger charge is -2.38. The lowest BCUT2D eigenvalue weighted by molar-refractivity contribution is 0.201. The standard InChI is InChI=1S/C10H22N4O4S2/c1-11-3-5-13(6-4-11)20(17,18)14-9-7-12(8-10-14)19(2,15)16/h3-10H2,1-2H3. The van der Waals surface area contributed by atoms with Gasteiger partial charge in [0.25, 0.3) is 10.2 Å². The molecule has 10 heteroatoms. The van der Waals surface area contributed by atoms with Crippen LogP contribution in [0.25, 0.3) is 0 Å². The normalized spacial score (nSPS) is 25.9. The van der Waals surface area contributed by atoms with Crippen LogP contribution < -0.4 is 0 Å². The fourth-order valence-corrected chi connectivity index (χ4v) is 4.82. The highest BCUT2D eigenvalue weighted by Crippen LogP contribution is 2.15. The minimum Gasteiger partial charge on any atom is -0.304 e. The number of nitrogens with zero attached hydrogens (tertiary/aromatic N) is 4. The summed E-state index contributed by atoms with van der Waals surface area (Å²) in [6.45, 7) is 3.34. The quantitative estimate of drug-likeness (QED) is 0.602. The largest absolute Gasteiger partial charge is 0.304 e. The van der Waals surface area contributed by atoms with Crippen molar-refractivity contribution in [2.24, 2.45) is 0 Å². The van der Waals surface area contributed by atoms with E-state index in [0.717, 1.165) is 19.3 Å². The molecule has 0 aromatic rings. The van der Waals surface area contributed by atoms with Crippen molar-refractivity contribution in [3.05, 3.63) is 0 Å². The SMILES string of the molecule is CN1CCN(S(=O)(=O)N2CCN(S(C)(=O)=O)CC2)CC1. The summed E-state index contributed by atoms with van der Waals surface area (Å²) in [6.07, 6.45) is 1.15. The summed E-state index contributed by atoms with van der Waals surface area (Å²) < 4.78 is 52.0. The van der Waals surface area contributed by atoms with E-state index >= 15 is 0 Å². The van der Waals surface area contributed by atoms with Gasteiger partial charge in [0.05, 0.1) is 6.26 Å². The van der Waals surface area contributed by atoms with E-state index in [4.69, 9.17) is 0 Å². The number of piperazine rings is 2. The number of hydrogen-bond donors (Lipinski definition) is 0. The summed E-state index contributed by atoms with van der Waals surface area (Å²) in [4.78, 5) is 2.09. The van der Waals surface area contributed by atoms with E-state index in [1.54, 1.807) is 0 Å². The van der Waals surface area contributed by atoms with Crippen molar-refractivity contribution in [2.45, 2.75) is 0 Å². The van der Waals surface area contributed by atoms with Gasteiger partial charge in [-0.3, -0.25) is 0 Å². The van der Waals surface area contributed by atoms with Gasteiger partial charge in [0.1, 0.15) is 0 Å². The van der Waals surface area contributed by atoms with E-state index < -0.39 is 20.2 Å². The van der Waals surface area contributed by atoms with Crippen molar-refractivity contribution >= 4 is 20.2 Å². The molecule has 0 bridgehead atoms. The molecule has 0 aromatic heterocycles. The maximum absolute atomic E-state index is 12.5. The van der Waals surface area contributed by atoms with Crippen LogP contribution in [0.2, 0.25) is 0 Å². The average molecular weight is 326 g/mol. The maximum Gasteiger partial charge on any atom is 0.282 e. The minimum atomic E-state index is -3.46. The van der Waals surface area contributed by atoms with E-state index in [0.29, 0.717) is 13.1 Å². The van der Waals surface area contributed by atoms with E-state index in [1.165, 1.54) is 12.9 Å². The Morgan fingerprint density at radius 2 is 1.00 bits per heavy atom. The van der Waals surface area contributed by atoms with Crippen molar-refractivity contribution < 1.29 is 16.8 Å². The molecule has 20 heavy (non-hydrogen) atoms. The summed E-state index contributed by atoms with van der Waals surface area (Å²) in [6, 6.07) is 0. The molecule has 0 aromatic carbocycles. The molecule has 2 aliphatic heterocycles. The van der Waals surface area contributed by atoms with Crippen LogP contribution in [0.3, 0.4) is 0 Å². The minimum absolute atomic E-state index is 0.224.